The predicted octanol–water partition coefficient (Wildman–Crippen LogP) is 3.28. The van der Waals surface area contributed by atoms with Crippen LogP contribution in [0.5, 0.6) is 5.75 Å². The minimum Gasteiger partial charge on any atom is -0.406 e. The van der Waals surface area contributed by atoms with Crippen molar-refractivity contribution in [3.63, 3.8) is 0 Å². The monoisotopic (exact) mass is 465 g/mol. The smallest absolute Gasteiger partial charge is 0.406 e. The summed E-state index contributed by atoms with van der Waals surface area (Å²) >= 11 is 0. The highest BCUT2D eigenvalue weighted by Crippen LogP contribution is 2.26. The summed E-state index contributed by atoms with van der Waals surface area (Å²) in [5.74, 6) is -0.740. The van der Waals surface area contributed by atoms with Gasteiger partial charge in [-0.1, -0.05) is 18.2 Å². The molecule has 7 nitrogen and oxygen atoms in total. The third-order valence-corrected chi connectivity index (χ3v) is 7.00. The Labute approximate surface area is 182 Å². The van der Waals surface area contributed by atoms with E-state index in [1.165, 1.54) is 4.31 Å². The van der Waals surface area contributed by atoms with Gasteiger partial charge in [0.05, 0.1) is 16.0 Å². The Kier molecular flexibility index (Phi) is 5.78. The molecule has 2 heterocycles. The molecule has 1 aliphatic rings. The van der Waals surface area contributed by atoms with E-state index >= 15 is 0 Å². The van der Waals surface area contributed by atoms with Crippen LogP contribution < -0.4 is 4.74 Å². The van der Waals surface area contributed by atoms with Gasteiger partial charge in [-0.25, -0.2) is 8.42 Å². The number of aromatic nitrogens is 1. The summed E-state index contributed by atoms with van der Waals surface area (Å²) in [5, 5.41) is 0.831. The normalized spacial score (nSPS) is 15.7. The molecule has 0 spiro atoms. The van der Waals surface area contributed by atoms with Gasteiger partial charge in [-0.3, -0.25) is 9.78 Å². The lowest BCUT2D eigenvalue weighted by atomic mass is 10.1. The first-order chi connectivity index (χ1) is 15.1. The van der Waals surface area contributed by atoms with Crippen molar-refractivity contribution in [3.8, 4) is 5.75 Å². The van der Waals surface area contributed by atoms with Crippen LogP contribution in [0.1, 0.15) is 10.4 Å². The number of sulfonamides is 1. The molecule has 3 aromatic rings. The largest absolute Gasteiger partial charge is 0.573 e. The van der Waals surface area contributed by atoms with Gasteiger partial charge < -0.3 is 9.64 Å². The molecule has 1 fully saturated rings. The van der Waals surface area contributed by atoms with Gasteiger partial charge in [0.1, 0.15) is 5.75 Å². The van der Waals surface area contributed by atoms with Crippen molar-refractivity contribution in [1.82, 2.24) is 14.2 Å². The first-order valence-electron chi connectivity index (χ1n) is 9.64. The molecule has 1 aromatic heterocycles. The number of nitrogens with zero attached hydrogens (tertiary/aromatic N) is 3. The van der Waals surface area contributed by atoms with Crippen LogP contribution in [0.4, 0.5) is 13.2 Å². The third kappa shape index (κ3) is 4.53. The molecule has 4 rings (SSSR count). The number of piperazine rings is 1. The summed E-state index contributed by atoms with van der Waals surface area (Å²) in [6.45, 7) is 0.479. The summed E-state index contributed by atoms with van der Waals surface area (Å²) in [7, 11) is -3.92. The minimum absolute atomic E-state index is 0.0626. The van der Waals surface area contributed by atoms with Crippen molar-refractivity contribution >= 4 is 26.8 Å². The van der Waals surface area contributed by atoms with Crippen LogP contribution in [0.25, 0.3) is 10.9 Å². The Morgan fingerprint density at radius 3 is 2.25 bits per heavy atom. The molecule has 0 saturated carbocycles. The van der Waals surface area contributed by atoms with Gasteiger partial charge in [0.15, 0.2) is 0 Å². The number of fused-ring (bicyclic) bond motifs is 1. The number of para-hydroxylation sites is 1. The van der Waals surface area contributed by atoms with Crippen molar-refractivity contribution in [3.05, 3.63) is 66.4 Å². The number of hydrogen-bond donors (Lipinski definition) is 0. The standard InChI is InChI=1S/C21H18F3N3O4S/c22-21(23,24)31-16-6-8-17(9-7-16)32(29,30)27-13-11-26(12-14-27)20(28)18-5-1-3-15-4-2-10-25-19(15)18/h1-10H,11-14H2. The molecular formula is C21H18F3N3O4S. The van der Waals surface area contributed by atoms with Gasteiger partial charge in [0.2, 0.25) is 10.0 Å². The molecule has 0 N–H and O–H groups in total. The topological polar surface area (TPSA) is 79.8 Å². The van der Waals surface area contributed by atoms with Crippen molar-refractivity contribution in [1.29, 1.82) is 0 Å². The number of halogens is 3. The molecular weight excluding hydrogens is 447 g/mol. The Bertz CT molecular complexity index is 1230. The van der Waals surface area contributed by atoms with Gasteiger partial charge >= 0.3 is 6.36 Å². The van der Waals surface area contributed by atoms with Gasteiger partial charge in [-0.15, -0.1) is 13.2 Å². The van der Waals surface area contributed by atoms with E-state index in [4.69, 9.17) is 0 Å². The number of alkyl halides is 3. The zero-order valence-electron chi connectivity index (χ0n) is 16.6. The van der Waals surface area contributed by atoms with E-state index in [0.717, 1.165) is 29.7 Å². The second kappa shape index (κ2) is 8.40. The maximum absolute atomic E-state index is 13.0. The van der Waals surface area contributed by atoms with E-state index in [1.54, 1.807) is 29.3 Å². The molecule has 1 saturated heterocycles. The average molecular weight is 465 g/mol. The number of carbonyl (C=O) groups is 1. The fourth-order valence-electron chi connectivity index (χ4n) is 3.54. The van der Waals surface area contributed by atoms with Gasteiger partial charge in [-0.2, -0.15) is 4.31 Å². The zero-order valence-corrected chi connectivity index (χ0v) is 17.4. The predicted molar refractivity (Wildman–Crippen MR) is 110 cm³/mol. The van der Waals surface area contributed by atoms with Crippen LogP contribution in [-0.2, 0) is 10.0 Å². The molecule has 168 valence electrons. The minimum atomic E-state index is -4.86. The second-order valence-electron chi connectivity index (χ2n) is 7.10. The SMILES string of the molecule is O=C(c1cccc2cccnc12)N1CCN(S(=O)(=O)c2ccc(OC(F)(F)F)cc2)CC1. The molecule has 1 aliphatic heterocycles. The fourth-order valence-corrected chi connectivity index (χ4v) is 4.96. The maximum atomic E-state index is 13.0. The Hall–Kier alpha value is -3.18. The van der Waals surface area contributed by atoms with E-state index in [2.05, 4.69) is 9.72 Å². The number of carbonyl (C=O) groups excluding carboxylic acids is 1. The molecule has 11 heteroatoms. The van der Waals surface area contributed by atoms with Crippen molar-refractivity contribution in [2.75, 3.05) is 26.2 Å². The highest BCUT2D eigenvalue weighted by atomic mass is 32.2. The van der Waals surface area contributed by atoms with Crippen LogP contribution in [0.15, 0.2) is 65.7 Å². The lowest BCUT2D eigenvalue weighted by molar-refractivity contribution is -0.274. The van der Waals surface area contributed by atoms with E-state index in [9.17, 15) is 26.4 Å². The molecule has 2 aromatic carbocycles. The number of hydrogen-bond acceptors (Lipinski definition) is 5. The van der Waals surface area contributed by atoms with Gasteiger partial charge in [-0.05, 0) is 36.4 Å². The number of pyridine rings is 1. The van der Waals surface area contributed by atoms with Crippen LogP contribution in [-0.4, -0.2) is 61.1 Å². The number of benzene rings is 2. The average Bonchev–Trinajstić information content (AvgIpc) is 2.77. The lowest BCUT2D eigenvalue weighted by Gasteiger charge is -2.34. The zero-order chi connectivity index (χ0) is 22.9. The summed E-state index contributed by atoms with van der Waals surface area (Å²) in [6, 6.07) is 13.0. The van der Waals surface area contributed by atoms with Crippen LogP contribution in [0, 0.1) is 0 Å². The first kappa shape index (κ1) is 22.0. The molecule has 0 unspecified atom stereocenters. The van der Waals surface area contributed by atoms with Crippen molar-refractivity contribution < 1.29 is 31.1 Å². The fraction of sp³-hybridized carbons (Fsp3) is 0.238. The highest BCUT2D eigenvalue weighted by molar-refractivity contribution is 7.89. The molecule has 0 radical (unpaired) electrons. The summed E-state index contributed by atoms with van der Waals surface area (Å²) in [5.41, 5.74) is 1.02. The second-order valence-corrected chi connectivity index (χ2v) is 9.03. The number of amides is 1. The Morgan fingerprint density at radius 1 is 0.938 bits per heavy atom. The lowest BCUT2D eigenvalue weighted by Crippen LogP contribution is -2.50. The summed E-state index contributed by atoms with van der Waals surface area (Å²) < 4.78 is 67.6. The van der Waals surface area contributed by atoms with Crippen LogP contribution >= 0.6 is 0 Å². The first-order valence-corrected chi connectivity index (χ1v) is 11.1. The molecule has 32 heavy (non-hydrogen) atoms. The van der Waals surface area contributed by atoms with E-state index in [1.807, 2.05) is 12.1 Å². The number of rotatable bonds is 4. The Balaban J connectivity index is 1.45. The van der Waals surface area contributed by atoms with Crippen molar-refractivity contribution in [2.24, 2.45) is 0 Å². The summed E-state index contributed by atoms with van der Waals surface area (Å²) in [4.78, 5) is 18.7. The molecule has 1 amide bonds. The number of ether oxygens (including phenoxy) is 1. The van der Waals surface area contributed by atoms with Crippen LogP contribution in [0.3, 0.4) is 0 Å². The highest BCUT2D eigenvalue weighted by Gasteiger charge is 2.33. The quantitative estimate of drug-likeness (QED) is 0.591. The van der Waals surface area contributed by atoms with Gasteiger partial charge in [0, 0.05) is 37.8 Å². The summed E-state index contributed by atoms with van der Waals surface area (Å²) in [6.07, 6.45) is -3.25. The van der Waals surface area contributed by atoms with Gasteiger partial charge in [0.25, 0.3) is 5.91 Å². The van der Waals surface area contributed by atoms with E-state index in [-0.39, 0.29) is 37.0 Å². The van der Waals surface area contributed by atoms with Crippen LogP contribution in [0.2, 0.25) is 0 Å². The maximum Gasteiger partial charge on any atom is 0.573 e. The Morgan fingerprint density at radius 2 is 1.59 bits per heavy atom. The molecule has 0 bridgehead atoms. The van der Waals surface area contributed by atoms with E-state index in [0.29, 0.717) is 11.1 Å². The van der Waals surface area contributed by atoms with E-state index < -0.39 is 22.1 Å². The third-order valence-electron chi connectivity index (χ3n) is 5.08. The molecule has 0 aliphatic carbocycles. The van der Waals surface area contributed by atoms with Crippen molar-refractivity contribution in [2.45, 2.75) is 11.3 Å². The molecule has 0 atom stereocenters.